The zero-order valence-electron chi connectivity index (χ0n) is 16.1. The Bertz CT molecular complexity index is 961. The lowest BCUT2D eigenvalue weighted by Crippen LogP contribution is -2.32. The quantitative estimate of drug-likeness (QED) is 0.391. The van der Waals surface area contributed by atoms with Crippen LogP contribution in [-0.2, 0) is 14.8 Å². The lowest BCUT2D eigenvalue weighted by molar-refractivity contribution is -0.112. The van der Waals surface area contributed by atoms with E-state index in [1.54, 1.807) is 0 Å². The molecule has 0 radical (unpaired) electrons. The van der Waals surface area contributed by atoms with Crippen LogP contribution in [0.4, 0.5) is 23.2 Å². The van der Waals surface area contributed by atoms with Crippen LogP contribution in [0.25, 0.3) is 0 Å². The molecule has 0 aromatic heterocycles. The molecule has 1 unspecified atom stereocenters. The van der Waals surface area contributed by atoms with Crippen LogP contribution in [0.1, 0.15) is 19.3 Å². The number of nitrogens with zero attached hydrogens (tertiary/aromatic N) is 1. The van der Waals surface area contributed by atoms with Gasteiger partial charge in [-0.15, -0.1) is 0 Å². The number of amides is 1. The van der Waals surface area contributed by atoms with Crippen molar-refractivity contribution in [3.05, 3.63) is 65.1 Å². The zero-order chi connectivity index (χ0) is 22.3. The predicted octanol–water partition coefficient (Wildman–Crippen LogP) is 4.02. The summed E-state index contributed by atoms with van der Waals surface area (Å²) in [6, 6.07) is 2.68. The highest BCUT2D eigenvalue weighted by Crippen LogP contribution is 2.22. The van der Waals surface area contributed by atoms with Crippen LogP contribution in [-0.4, -0.2) is 44.6 Å². The van der Waals surface area contributed by atoms with Crippen molar-refractivity contribution in [1.82, 2.24) is 4.31 Å². The van der Waals surface area contributed by atoms with Gasteiger partial charge in [0.25, 0.3) is 5.91 Å². The standard InChI is InChI=1S/C20H22F4N2O3S/c1-14(30(28,29)26-10-3-5-16(22)8-11-26)12-15(4-2-9-21)20(27)25-17-6-7-18(23)19(24)13-17/h2,4,6-7,12-13,16H,1,3,5,8-11H2,(H,25,27)/b4-2-,15-12+. The van der Waals surface area contributed by atoms with Crippen LogP contribution < -0.4 is 5.32 Å². The van der Waals surface area contributed by atoms with Crippen molar-refractivity contribution in [3.63, 3.8) is 0 Å². The van der Waals surface area contributed by atoms with Crippen molar-refractivity contribution >= 4 is 21.6 Å². The van der Waals surface area contributed by atoms with Crippen LogP contribution >= 0.6 is 0 Å². The minimum Gasteiger partial charge on any atom is -0.322 e. The van der Waals surface area contributed by atoms with Crippen molar-refractivity contribution in [2.24, 2.45) is 0 Å². The number of carbonyl (C=O) groups excluding carboxylic acids is 1. The molecule has 10 heteroatoms. The van der Waals surface area contributed by atoms with Crippen LogP contribution in [0, 0.1) is 11.6 Å². The number of benzene rings is 1. The molecular formula is C20H22F4N2O3S. The van der Waals surface area contributed by atoms with E-state index in [4.69, 9.17) is 0 Å². The Hall–Kier alpha value is -2.46. The maximum atomic E-state index is 13.5. The lowest BCUT2D eigenvalue weighted by Gasteiger charge is -2.20. The number of allylic oxidation sites excluding steroid dienone is 2. The first-order valence-corrected chi connectivity index (χ1v) is 10.6. The van der Waals surface area contributed by atoms with Crippen molar-refractivity contribution in [2.45, 2.75) is 25.4 Å². The average molecular weight is 446 g/mol. The number of rotatable bonds is 7. The van der Waals surface area contributed by atoms with E-state index < -0.39 is 45.3 Å². The Balaban J connectivity index is 2.25. The van der Waals surface area contributed by atoms with Gasteiger partial charge in [-0.2, -0.15) is 4.31 Å². The fourth-order valence-electron chi connectivity index (χ4n) is 2.82. The SMILES string of the molecule is C=C(/C=C(\C=C/CF)C(=O)Nc1ccc(F)c(F)c1)S(=O)(=O)N1CCCC(F)CC1. The summed E-state index contributed by atoms with van der Waals surface area (Å²) in [6.07, 6.45) is 2.57. The molecule has 1 amide bonds. The molecule has 0 spiro atoms. The molecular weight excluding hydrogens is 424 g/mol. The minimum absolute atomic E-state index is 0.0208. The molecule has 0 aliphatic carbocycles. The fraction of sp³-hybridized carbons (Fsp3) is 0.350. The molecule has 164 valence electrons. The van der Waals surface area contributed by atoms with Gasteiger partial charge >= 0.3 is 0 Å². The zero-order valence-corrected chi connectivity index (χ0v) is 16.9. The molecule has 5 nitrogen and oxygen atoms in total. The number of anilines is 1. The van der Waals surface area contributed by atoms with Crippen molar-refractivity contribution < 1.29 is 30.8 Å². The summed E-state index contributed by atoms with van der Waals surface area (Å²) in [5.41, 5.74) is -0.336. The van der Waals surface area contributed by atoms with Gasteiger partial charge in [-0.25, -0.2) is 26.0 Å². The van der Waals surface area contributed by atoms with Gasteiger partial charge in [-0.05, 0) is 37.5 Å². The van der Waals surface area contributed by atoms with Gasteiger partial charge in [0.15, 0.2) is 11.6 Å². The molecule has 2 rings (SSSR count). The predicted molar refractivity (Wildman–Crippen MR) is 107 cm³/mol. The van der Waals surface area contributed by atoms with Gasteiger partial charge in [0.2, 0.25) is 10.0 Å². The van der Waals surface area contributed by atoms with Gasteiger partial charge in [0, 0.05) is 30.4 Å². The topological polar surface area (TPSA) is 66.5 Å². The van der Waals surface area contributed by atoms with Crippen LogP contribution in [0.5, 0.6) is 0 Å². The molecule has 1 aliphatic heterocycles. The van der Waals surface area contributed by atoms with Crippen LogP contribution in [0.3, 0.4) is 0 Å². The molecule has 1 heterocycles. The highest BCUT2D eigenvalue weighted by molar-refractivity contribution is 7.93. The Morgan fingerprint density at radius 1 is 1.23 bits per heavy atom. The van der Waals surface area contributed by atoms with E-state index in [-0.39, 0.29) is 37.2 Å². The number of nitrogens with one attached hydrogen (secondary N) is 1. The third-order valence-electron chi connectivity index (χ3n) is 4.43. The summed E-state index contributed by atoms with van der Waals surface area (Å²) in [4.78, 5) is 12.1. The minimum atomic E-state index is -4.07. The summed E-state index contributed by atoms with van der Waals surface area (Å²) in [5, 5.41) is 2.28. The highest BCUT2D eigenvalue weighted by Gasteiger charge is 2.28. The van der Waals surface area contributed by atoms with Crippen molar-refractivity contribution in [1.29, 1.82) is 0 Å². The molecule has 0 bridgehead atoms. The first-order chi connectivity index (χ1) is 14.1. The normalized spacial score (nSPS) is 18.9. The van der Waals surface area contributed by atoms with E-state index in [0.29, 0.717) is 6.42 Å². The van der Waals surface area contributed by atoms with Crippen LogP contribution in [0.15, 0.2) is 53.5 Å². The highest BCUT2D eigenvalue weighted by atomic mass is 32.2. The number of alkyl halides is 2. The smallest absolute Gasteiger partial charge is 0.255 e. The second kappa shape index (κ2) is 10.5. The lowest BCUT2D eigenvalue weighted by atomic mass is 10.2. The average Bonchev–Trinajstić information content (AvgIpc) is 2.92. The largest absolute Gasteiger partial charge is 0.322 e. The Kier molecular flexibility index (Phi) is 8.36. The van der Waals surface area contributed by atoms with Gasteiger partial charge in [-0.3, -0.25) is 4.79 Å². The van der Waals surface area contributed by atoms with Gasteiger partial charge < -0.3 is 5.32 Å². The Labute approximate surface area is 172 Å². The van der Waals surface area contributed by atoms with Gasteiger partial charge in [0.05, 0.1) is 4.91 Å². The Morgan fingerprint density at radius 2 is 1.97 bits per heavy atom. The summed E-state index contributed by atoms with van der Waals surface area (Å²) < 4.78 is 79.1. The van der Waals surface area contributed by atoms with E-state index >= 15 is 0 Å². The molecule has 30 heavy (non-hydrogen) atoms. The number of carbonyl (C=O) groups is 1. The van der Waals surface area contributed by atoms with E-state index in [1.807, 2.05) is 0 Å². The van der Waals surface area contributed by atoms with Crippen LogP contribution in [0.2, 0.25) is 0 Å². The molecule has 1 atom stereocenters. The monoisotopic (exact) mass is 446 g/mol. The van der Waals surface area contributed by atoms with E-state index in [0.717, 1.165) is 40.7 Å². The third-order valence-corrected chi connectivity index (χ3v) is 6.26. The van der Waals surface area contributed by atoms with Crippen molar-refractivity contribution in [3.8, 4) is 0 Å². The summed E-state index contributed by atoms with van der Waals surface area (Å²) >= 11 is 0. The van der Waals surface area contributed by atoms with E-state index in [1.165, 1.54) is 0 Å². The molecule has 1 saturated heterocycles. The summed E-state index contributed by atoms with van der Waals surface area (Å²) in [6.45, 7) is 2.68. The Morgan fingerprint density at radius 3 is 2.63 bits per heavy atom. The third kappa shape index (κ3) is 6.27. The maximum Gasteiger partial charge on any atom is 0.255 e. The first kappa shape index (κ1) is 23.8. The molecule has 1 aromatic rings. The number of hydrogen-bond donors (Lipinski definition) is 1. The summed E-state index contributed by atoms with van der Waals surface area (Å²) in [5.74, 6) is -3.16. The molecule has 1 fully saturated rings. The fourth-order valence-corrected chi connectivity index (χ4v) is 4.14. The van der Waals surface area contributed by atoms with E-state index in [9.17, 15) is 30.8 Å². The second-order valence-electron chi connectivity index (χ2n) is 6.64. The molecule has 0 saturated carbocycles. The number of hydrogen-bond acceptors (Lipinski definition) is 3. The second-order valence-corrected chi connectivity index (χ2v) is 8.63. The van der Waals surface area contributed by atoms with Crippen molar-refractivity contribution in [2.75, 3.05) is 25.1 Å². The van der Waals surface area contributed by atoms with E-state index in [2.05, 4.69) is 11.9 Å². The maximum absolute atomic E-state index is 13.5. The number of sulfonamides is 1. The molecule has 1 aliphatic rings. The molecule has 1 N–H and O–H groups in total. The van der Waals surface area contributed by atoms with Gasteiger partial charge in [0.1, 0.15) is 12.8 Å². The van der Waals surface area contributed by atoms with Gasteiger partial charge in [-0.1, -0.05) is 18.7 Å². The first-order valence-electron chi connectivity index (χ1n) is 9.19. The number of halogens is 4. The molecule has 1 aromatic carbocycles. The summed E-state index contributed by atoms with van der Waals surface area (Å²) in [7, 11) is -4.07.